The molecule has 3 aliphatic rings. The summed E-state index contributed by atoms with van der Waals surface area (Å²) >= 11 is 6.10. The van der Waals surface area contributed by atoms with Gasteiger partial charge in [-0.1, -0.05) is 56.2 Å². The van der Waals surface area contributed by atoms with Crippen molar-refractivity contribution in [2.45, 2.75) is 94.2 Å². The molecule has 2 aliphatic carbocycles. The van der Waals surface area contributed by atoms with Crippen LogP contribution in [0.1, 0.15) is 87.5 Å². The topological polar surface area (TPSA) is 56.9 Å². The van der Waals surface area contributed by atoms with Crippen LogP contribution >= 0.6 is 11.6 Å². The third-order valence-corrected chi connectivity index (χ3v) is 7.83. The van der Waals surface area contributed by atoms with Crippen molar-refractivity contribution in [1.29, 1.82) is 0 Å². The summed E-state index contributed by atoms with van der Waals surface area (Å²) in [6.45, 7) is 0. The van der Waals surface area contributed by atoms with Gasteiger partial charge in [0.05, 0.1) is 0 Å². The van der Waals surface area contributed by atoms with Gasteiger partial charge in [-0.3, -0.25) is 4.79 Å². The van der Waals surface area contributed by atoms with Crippen LogP contribution in [0.15, 0.2) is 24.3 Å². The van der Waals surface area contributed by atoms with Crippen molar-refractivity contribution in [2.75, 3.05) is 0 Å². The molecule has 1 aromatic carbocycles. The van der Waals surface area contributed by atoms with Crippen LogP contribution in [0.2, 0.25) is 5.02 Å². The maximum absolute atomic E-state index is 13.1. The number of nitrogens with one attached hydrogen (secondary N) is 3. The zero-order valence-electron chi connectivity index (χ0n) is 17.2. The second-order valence-corrected chi connectivity index (χ2v) is 10.2. The Morgan fingerprint density at radius 3 is 2.17 bits per heavy atom. The molecule has 5 rings (SSSR count). The van der Waals surface area contributed by atoms with Gasteiger partial charge in [0.15, 0.2) is 0 Å². The molecule has 2 heterocycles. The van der Waals surface area contributed by atoms with Crippen LogP contribution in [0.4, 0.5) is 0 Å². The lowest BCUT2D eigenvalue weighted by Gasteiger charge is -2.55. The average Bonchev–Trinajstić information content (AvgIpc) is 3.12. The number of carbonyl (C=O) groups is 1. The van der Waals surface area contributed by atoms with E-state index in [1.165, 1.54) is 64.2 Å². The molecule has 0 atom stereocenters. The number of halogens is 1. The van der Waals surface area contributed by atoms with Gasteiger partial charge >= 0.3 is 0 Å². The highest BCUT2D eigenvalue weighted by Crippen LogP contribution is 2.44. The highest BCUT2D eigenvalue weighted by molar-refractivity contribution is 6.31. The van der Waals surface area contributed by atoms with Gasteiger partial charge in [-0.25, -0.2) is 0 Å². The summed E-state index contributed by atoms with van der Waals surface area (Å²) < 4.78 is 0. The summed E-state index contributed by atoms with van der Waals surface area (Å²) in [7, 11) is 0. The first-order valence-electron chi connectivity index (χ1n) is 11.4. The fourth-order valence-corrected chi connectivity index (χ4v) is 6.55. The molecule has 156 valence electrons. The molecule has 0 unspecified atom stereocenters. The van der Waals surface area contributed by atoms with Crippen LogP contribution in [0, 0.1) is 0 Å². The summed E-state index contributed by atoms with van der Waals surface area (Å²) in [6, 6.07) is 7.89. The zero-order valence-corrected chi connectivity index (χ0v) is 17.9. The van der Waals surface area contributed by atoms with Gasteiger partial charge in [0, 0.05) is 33.0 Å². The minimum Gasteiger partial charge on any atom is -0.350 e. The molecule has 5 heteroatoms. The van der Waals surface area contributed by atoms with Crippen molar-refractivity contribution >= 4 is 28.4 Å². The SMILES string of the molecule is O=C(NC1CC2(CCCCC2)NC2(CCCCC2)C1)c1cc2ccc(Cl)cc2[nH]1. The van der Waals surface area contributed by atoms with Gasteiger partial charge in [-0.15, -0.1) is 0 Å². The number of fused-ring (bicyclic) bond motifs is 1. The van der Waals surface area contributed by atoms with E-state index in [1.807, 2.05) is 24.3 Å². The maximum atomic E-state index is 13.1. The minimum absolute atomic E-state index is 0.0149. The van der Waals surface area contributed by atoms with Crippen LogP contribution in [-0.4, -0.2) is 28.0 Å². The number of rotatable bonds is 2. The number of aromatic nitrogens is 1. The zero-order chi connectivity index (χ0) is 19.9. The molecule has 3 N–H and O–H groups in total. The molecular formula is C24H32ClN3O. The Kier molecular flexibility index (Phi) is 5.11. The Hall–Kier alpha value is -1.52. The Labute approximate surface area is 178 Å². The van der Waals surface area contributed by atoms with Crippen LogP contribution in [0.25, 0.3) is 10.9 Å². The quantitative estimate of drug-likeness (QED) is 0.590. The van der Waals surface area contributed by atoms with Crippen molar-refractivity contribution in [3.63, 3.8) is 0 Å². The van der Waals surface area contributed by atoms with E-state index >= 15 is 0 Å². The van der Waals surface area contributed by atoms with Gasteiger partial charge in [0.1, 0.15) is 5.69 Å². The van der Waals surface area contributed by atoms with Crippen molar-refractivity contribution in [2.24, 2.45) is 0 Å². The molecule has 1 saturated heterocycles. The molecule has 1 aliphatic heterocycles. The van der Waals surface area contributed by atoms with Crippen LogP contribution in [0.5, 0.6) is 0 Å². The van der Waals surface area contributed by atoms with Crippen molar-refractivity contribution in [3.8, 4) is 0 Å². The number of piperidine rings is 1. The highest BCUT2D eigenvalue weighted by Gasteiger charge is 2.48. The predicted molar refractivity (Wildman–Crippen MR) is 119 cm³/mol. The van der Waals surface area contributed by atoms with E-state index in [9.17, 15) is 4.79 Å². The van der Waals surface area contributed by atoms with Gasteiger partial charge < -0.3 is 15.6 Å². The van der Waals surface area contributed by atoms with Crippen LogP contribution < -0.4 is 10.6 Å². The molecule has 0 radical (unpaired) electrons. The number of hydrogen-bond donors (Lipinski definition) is 3. The van der Waals surface area contributed by atoms with Crippen molar-refractivity contribution < 1.29 is 4.79 Å². The number of amides is 1. The molecule has 3 fully saturated rings. The van der Waals surface area contributed by atoms with Gasteiger partial charge in [0.25, 0.3) is 5.91 Å². The fraction of sp³-hybridized carbons (Fsp3) is 0.625. The monoisotopic (exact) mass is 413 g/mol. The van der Waals surface area contributed by atoms with Crippen LogP contribution in [0.3, 0.4) is 0 Å². The summed E-state index contributed by atoms with van der Waals surface area (Å²) in [5, 5.41) is 9.30. The Morgan fingerprint density at radius 1 is 0.931 bits per heavy atom. The lowest BCUT2D eigenvalue weighted by molar-refractivity contribution is 0.0441. The first-order chi connectivity index (χ1) is 14.0. The first-order valence-corrected chi connectivity index (χ1v) is 11.8. The average molecular weight is 414 g/mol. The van der Waals surface area contributed by atoms with Crippen molar-refractivity contribution in [1.82, 2.24) is 15.6 Å². The highest BCUT2D eigenvalue weighted by atomic mass is 35.5. The van der Waals surface area contributed by atoms with E-state index in [2.05, 4.69) is 15.6 Å². The molecule has 2 spiro atoms. The fourth-order valence-electron chi connectivity index (χ4n) is 6.38. The van der Waals surface area contributed by atoms with Gasteiger partial charge in [-0.2, -0.15) is 0 Å². The standard InChI is InChI=1S/C24H32ClN3O/c25-18-8-7-17-13-21(27-20(17)14-18)22(29)26-19-15-23(9-3-1-4-10-23)28-24(16-19)11-5-2-6-12-24/h7-8,13-14,19,27-28H,1-6,9-12,15-16H2,(H,26,29). The lowest BCUT2D eigenvalue weighted by Crippen LogP contribution is -2.67. The molecule has 0 bridgehead atoms. The Morgan fingerprint density at radius 2 is 1.55 bits per heavy atom. The Balaban J connectivity index is 1.37. The number of benzene rings is 1. The predicted octanol–water partition coefficient (Wildman–Crippen LogP) is 5.71. The molecule has 1 aromatic heterocycles. The smallest absolute Gasteiger partial charge is 0.267 e. The largest absolute Gasteiger partial charge is 0.350 e. The van der Waals surface area contributed by atoms with E-state index in [0.29, 0.717) is 10.7 Å². The second kappa shape index (κ2) is 7.63. The summed E-state index contributed by atoms with van der Waals surface area (Å²) in [6.07, 6.45) is 15.1. The molecule has 1 amide bonds. The third kappa shape index (κ3) is 3.94. The second-order valence-electron chi connectivity index (χ2n) is 9.80. The maximum Gasteiger partial charge on any atom is 0.267 e. The normalized spacial score (nSPS) is 26.0. The summed E-state index contributed by atoms with van der Waals surface area (Å²) in [5.41, 5.74) is 2.00. The number of H-pyrrole nitrogens is 1. The lowest BCUT2D eigenvalue weighted by atomic mass is 9.66. The molecule has 29 heavy (non-hydrogen) atoms. The van der Waals surface area contributed by atoms with Gasteiger partial charge in [-0.05, 0) is 56.7 Å². The first kappa shape index (κ1) is 19.4. The van der Waals surface area contributed by atoms with Gasteiger partial charge in [0.2, 0.25) is 0 Å². The van der Waals surface area contributed by atoms with Crippen molar-refractivity contribution in [3.05, 3.63) is 35.0 Å². The minimum atomic E-state index is 0.0149. The number of hydrogen-bond acceptors (Lipinski definition) is 2. The van der Waals surface area contributed by atoms with E-state index in [-0.39, 0.29) is 23.0 Å². The molecule has 2 aromatic rings. The van der Waals surface area contributed by atoms with E-state index < -0.39 is 0 Å². The van der Waals surface area contributed by atoms with E-state index in [4.69, 9.17) is 11.6 Å². The number of aromatic amines is 1. The summed E-state index contributed by atoms with van der Waals surface area (Å²) in [4.78, 5) is 16.4. The summed E-state index contributed by atoms with van der Waals surface area (Å²) in [5.74, 6) is 0.0149. The molecule has 4 nitrogen and oxygen atoms in total. The van der Waals surface area contributed by atoms with E-state index in [0.717, 1.165) is 23.7 Å². The van der Waals surface area contributed by atoms with E-state index in [1.54, 1.807) is 0 Å². The van der Waals surface area contributed by atoms with Crippen LogP contribution in [-0.2, 0) is 0 Å². The molecule has 2 saturated carbocycles. The molecular weight excluding hydrogens is 382 g/mol. The third-order valence-electron chi connectivity index (χ3n) is 7.59. The number of carbonyl (C=O) groups excluding carboxylic acids is 1. The Bertz CT molecular complexity index is 867.